The van der Waals surface area contributed by atoms with Crippen molar-refractivity contribution in [2.75, 3.05) is 0 Å². The second-order valence-electron chi connectivity index (χ2n) is 2.88. The number of nitrogens with zero attached hydrogens (tertiary/aromatic N) is 2. The maximum Gasteiger partial charge on any atom is 0.152 e. The van der Waals surface area contributed by atoms with Crippen molar-refractivity contribution in [3.8, 4) is 12.1 Å². The van der Waals surface area contributed by atoms with E-state index in [1.165, 1.54) is 0 Å². The number of hydrogen-bond acceptors (Lipinski definition) is 2. The lowest BCUT2D eigenvalue weighted by molar-refractivity contribution is 0.567. The molecule has 6 heteroatoms. The fraction of sp³-hybridized carbons (Fsp3) is 0.200. The van der Waals surface area contributed by atoms with Gasteiger partial charge in [-0.15, -0.1) is 0 Å². The van der Waals surface area contributed by atoms with Crippen LogP contribution in [-0.4, -0.2) is 0 Å². The van der Waals surface area contributed by atoms with Crippen LogP contribution in [0.4, 0.5) is 8.78 Å². The lowest BCUT2D eigenvalue weighted by Gasteiger charge is -2.10. The van der Waals surface area contributed by atoms with Gasteiger partial charge in [0.1, 0.15) is 5.82 Å². The smallest absolute Gasteiger partial charge is 0.152 e. The van der Waals surface area contributed by atoms with Crippen LogP contribution in [0.3, 0.4) is 0 Å². The first-order chi connectivity index (χ1) is 7.54. The van der Waals surface area contributed by atoms with Gasteiger partial charge < -0.3 is 0 Å². The fourth-order valence-corrected chi connectivity index (χ4v) is 2.50. The van der Waals surface area contributed by atoms with Crippen molar-refractivity contribution in [2.24, 2.45) is 0 Å². The quantitative estimate of drug-likeness (QED) is 0.604. The van der Waals surface area contributed by atoms with Gasteiger partial charge in [0.2, 0.25) is 0 Å². The zero-order chi connectivity index (χ0) is 12.3. The van der Waals surface area contributed by atoms with Gasteiger partial charge in [-0.1, -0.05) is 0 Å². The molecule has 0 atom stereocenters. The molecule has 0 amide bonds. The van der Waals surface area contributed by atoms with Crippen molar-refractivity contribution < 1.29 is 8.78 Å². The third kappa shape index (κ3) is 2.23. The molecule has 0 bridgehead atoms. The van der Waals surface area contributed by atoms with Gasteiger partial charge in [0.25, 0.3) is 0 Å². The first-order valence-corrected chi connectivity index (χ1v) is 5.70. The standard InChI is InChI=1S/C10H4Br2F2N2/c11-7-5(1-3-15)9(13)6(2-4-16)8(12)10(7)14/h1-2H2. The zero-order valence-corrected chi connectivity index (χ0v) is 11.0. The number of benzene rings is 1. The van der Waals surface area contributed by atoms with Crippen LogP contribution in [0.1, 0.15) is 11.1 Å². The number of rotatable bonds is 2. The molecule has 0 N–H and O–H groups in total. The van der Waals surface area contributed by atoms with Gasteiger partial charge >= 0.3 is 0 Å². The highest BCUT2D eigenvalue weighted by Crippen LogP contribution is 2.34. The Labute approximate surface area is 108 Å². The molecule has 1 aromatic rings. The minimum Gasteiger partial charge on any atom is -0.206 e. The molecule has 2 nitrogen and oxygen atoms in total. The van der Waals surface area contributed by atoms with Gasteiger partial charge in [-0.25, -0.2) is 8.78 Å². The molecule has 0 aliphatic carbocycles. The van der Waals surface area contributed by atoms with Crippen molar-refractivity contribution in [3.63, 3.8) is 0 Å². The summed E-state index contributed by atoms with van der Waals surface area (Å²) in [5, 5.41) is 17.0. The van der Waals surface area contributed by atoms with Crippen LogP contribution in [0.15, 0.2) is 8.95 Å². The van der Waals surface area contributed by atoms with Crippen LogP contribution in [0.2, 0.25) is 0 Å². The Balaban J connectivity index is 3.54. The second-order valence-corrected chi connectivity index (χ2v) is 4.47. The van der Waals surface area contributed by atoms with E-state index < -0.39 is 11.6 Å². The largest absolute Gasteiger partial charge is 0.206 e. The molecule has 0 radical (unpaired) electrons. The van der Waals surface area contributed by atoms with E-state index in [4.69, 9.17) is 10.5 Å². The summed E-state index contributed by atoms with van der Waals surface area (Å²) in [6.07, 6.45) is -0.510. The molecule has 0 aromatic heterocycles. The molecule has 0 heterocycles. The van der Waals surface area contributed by atoms with E-state index >= 15 is 0 Å². The van der Waals surface area contributed by atoms with Crippen LogP contribution in [0.25, 0.3) is 0 Å². The highest BCUT2D eigenvalue weighted by molar-refractivity contribution is 9.11. The average molecular weight is 350 g/mol. The minimum atomic E-state index is -0.719. The summed E-state index contributed by atoms with van der Waals surface area (Å²) in [4.78, 5) is 0. The van der Waals surface area contributed by atoms with Crippen molar-refractivity contribution in [3.05, 3.63) is 31.7 Å². The van der Waals surface area contributed by atoms with Gasteiger partial charge in [0, 0.05) is 11.1 Å². The van der Waals surface area contributed by atoms with Crippen LogP contribution < -0.4 is 0 Å². The van der Waals surface area contributed by atoms with E-state index in [1.54, 1.807) is 12.1 Å². The zero-order valence-electron chi connectivity index (χ0n) is 7.82. The topological polar surface area (TPSA) is 47.6 Å². The molecule has 0 spiro atoms. The number of halogens is 4. The second kappa shape index (κ2) is 5.38. The van der Waals surface area contributed by atoms with Gasteiger partial charge in [-0.05, 0) is 31.9 Å². The van der Waals surface area contributed by atoms with Gasteiger partial charge in [-0.3, -0.25) is 0 Å². The van der Waals surface area contributed by atoms with Crippen LogP contribution in [-0.2, 0) is 12.8 Å². The highest BCUT2D eigenvalue weighted by atomic mass is 79.9. The first kappa shape index (κ1) is 13.1. The summed E-state index contributed by atoms with van der Waals surface area (Å²) in [7, 11) is 0. The van der Waals surface area contributed by atoms with Crippen LogP contribution >= 0.6 is 31.9 Å². The molecule has 0 unspecified atom stereocenters. The van der Waals surface area contributed by atoms with E-state index in [0.29, 0.717) is 0 Å². The SMILES string of the molecule is N#CCc1c(F)c(CC#N)c(Br)c(F)c1Br. The molecule has 82 valence electrons. The Kier molecular flexibility index (Phi) is 4.40. The molecule has 0 fully saturated rings. The normalized spacial score (nSPS) is 9.62. The van der Waals surface area contributed by atoms with E-state index in [1.807, 2.05) is 0 Å². The van der Waals surface area contributed by atoms with Crippen molar-refractivity contribution >= 4 is 31.9 Å². The first-order valence-electron chi connectivity index (χ1n) is 4.12. The van der Waals surface area contributed by atoms with Crippen molar-refractivity contribution in [1.82, 2.24) is 0 Å². The predicted octanol–water partition coefficient (Wildman–Crippen LogP) is 3.62. The predicted molar refractivity (Wildman–Crippen MR) is 60.4 cm³/mol. The lowest BCUT2D eigenvalue weighted by Crippen LogP contribution is -2.02. The minimum absolute atomic E-state index is 0.0616. The summed E-state index contributed by atoms with van der Waals surface area (Å²) in [6, 6.07) is 3.49. The summed E-state index contributed by atoms with van der Waals surface area (Å²) < 4.78 is 27.3. The average Bonchev–Trinajstić information content (AvgIpc) is 2.28. The van der Waals surface area contributed by atoms with Gasteiger partial charge in [0.05, 0.1) is 33.9 Å². The third-order valence-electron chi connectivity index (χ3n) is 1.96. The molecule has 0 saturated carbocycles. The number of hydrogen-bond donors (Lipinski definition) is 0. The van der Waals surface area contributed by atoms with E-state index in [-0.39, 0.29) is 32.9 Å². The van der Waals surface area contributed by atoms with E-state index in [2.05, 4.69) is 31.9 Å². The van der Waals surface area contributed by atoms with Crippen molar-refractivity contribution in [1.29, 1.82) is 10.5 Å². The molecular weight excluding hydrogens is 346 g/mol. The van der Waals surface area contributed by atoms with Gasteiger partial charge in [0.15, 0.2) is 5.82 Å². The molecule has 0 aliphatic heterocycles. The lowest BCUT2D eigenvalue weighted by atomic mass is 10.0. The highest BCUT2D eigenvalue weighted by Gasteiger charge is 2.21. The monoisotopic (exact) mass is 348 g/mol. The molecule has 16 heavy (non-hydrogen) atoms. The molecule has 1 rings (SSSR count). The van der Waals surface area contributed by atoms with Crippen molar-refractivity contribution in [2.45, 2.75) is 12.8 Å². The fourth-order valence-electron chi connectivity index (χ4n) is 1.20. The summed E-state index contributed by atoms with van der Waals surface area (Å²) >= 11 is 5.78. The molecule has 1 aromatic carbocycles. The van der Waals surface area contributed by atoms with Crippen LogP contribution in [0, 0.1) is 34.3 Å². The summed E-state index contributed by atoms with van der Waals surface area (Å²) in [6.45, 7) is 0. The third-order valence-corrected chi connectivity index (χ3v) is 3.61. The van der Waals surface area contributed by atoms with Gasteiger partial charge in [-0.2, -0.15) is 10.5 Å². The number of nitriles is 2. The Hall–Kier alpha value is -0.980. The maximum atomic E-state index is 13.8. The Morgan fingerprint density at radius 3 is 1.56 bits per heavy atom. The molecule has 0 aliphatic rings. The molecular formula is C10H4Br2F2N2. The molecule has 0 saturated heterocycles. The Morgan fingerprint density at radius 2 is 1.25 bits per heavy atom. The maximum absolute atomic E-state index is 13.8. The summed E-state index contributed by atoms with van der Waals surface area (Å²) in [5.41, 5.74) is -0.123. The van der Waals surface area contributed by atoms with Crippen LogP contribution in [0.5, 0.6) is 0 Å². The van der Waals surface area contributed by atoms with E-state index in [9.17, 15) is 8.78 Å². The Bertz CT molecular complexity index is 472. The van der Waals surface area contributed by atoms with E-state index in [0.717, 1.165) is 0 Å². The summed E-state index contributed by atoms with van der Waals surface area (Å²) in [5.74, 6) is -1.42. The Morgan fingerprint density at radius 1 is 0.875 bits per heavy atom.